The molecule has 4 amide bonds. The van der Waals surface area contributed by atoms with E-state index in [2.05, 4.69) is 21.3 Å². The first kappa shape index (κ1) is 34.7. The van der Waals surface area contributed by atoms with Crippen LogP contribution in [0, 0.1) is 0 Å². The molecule has 16 heteroatoms. The lowest BCUT2D eigenvalue weighted by atomic mass is 10.1. The molecule has 0 radical (unpaired) electrons. The number of aliphatic hydroxyl groups is 1. The van der Waals surface area contributed by atoms with E-state index in [9.17, 15) is 44.1 Å². The molecule has 1 rings (SSSR count). The second-order valence-electron chi connectivity index (χ2n) is 9.29. The second kappa shape index (κ2) is 17.4. The summed E-state index contributed by atoms with van der Waals surface area (Å²) in [5.74, 6) is -6.61. The lowest BCUT2D eigenvalue weighted by Gasteiger charge is -2.24. The topological polar surface area (TPSA) is 284 Å². The van der Waals surface area contributed by atoms with Crippen LogP contribution in [-0.2, 0) is 35.2 Å². The highest BCUT2D eigenvalue weighted by Crippen LogP contribution is 2.11. The van der Waals surface area contributed by atoms with Gasteiger partial charge in [-0.3, -0.25) is 24.0 Å². The average molecular weight is 583 g/mol. The molecule has 1 aromatic carbocycles. The zero-order valence-corrected chi connectivity index (χ0v) is 22.5. The zero-order valence-electron chi connectivity index (χ0n) is 22.5. The quantitative estimate of drug-likeness (QED) is 0.0770. The number of aromatic hydroxyl groups is 1. The van der Waals surface area contributed by atoms with Gasteiger partial charge in [-0.1, -0.05) is 12.1 Å². The number of carboxylic acid groups (broad SMARTS) is 2. The van der Waals surface area contributed by atoms with Gasteiger partial charge in [0.15, 0.2) is 0 Å². The Labute approximate surface area is 235 Å². The van der Waals surface area contributed by atoms with E-state index in [4.69, 9.17) is 16.6 Å². The van der Waals surface area contributed by atoms with E-state index in [0.717, 1.165) is 0 Å². The van der Waals surface area contributed by atoms with Crippen molar-refractivity contribution in [2.45, 2.75) is 69.2 Å². The van der Waals surface area contributed by atoms with Gasteiger partial charge in [0, 0.05) is 0 Å². The SMILES string of the molecule is CC(NC(=O)C(N)Cc1ccc(O)cc1)C(=O)NC(CO)C(=O)NC(CC(=O)O)C(=O)NC(CCCCN)C(=O)O. The fourth-order valence-electron chi connectivity index (χ4n) is 3.53. The number of benzene rings is 1. The standard InChI is InChI=1S/C25H38N6O10/c1-13(28-22(37)16(27)10-14-5-7-15(33)8-6-14)21(36)31-19(12-32)24(39)30-18(11-20(34)35)23(38)29-17(25(40)41)4-2-3-9-26/h5-8,13,16-19,32-33H,2-4,9-12,26-27H2,1H3,(H,28,37)(H,29,38)(H,30,39)(H,31,36)(H,34,35)(H,40,41). The van der Waals surface area contributed by atoms with Crippen LogP contribution in [0.5, 0.6) is 5.75 Å². The van der Waals surface area contributed by atoms with E-state index in [1.54, 1.807) is 12.1 Å². The highest BCUT2D eigenvalue weighted by Gasteiger charge is 2.31. The molecule has 0 aliphatic carbocycles. The Morgan fingerprint density at radius 2 is 1.37 bits per heavy atom. The van der Waals surface area contributed by atoms with Crippen molar-refractivity contribution in [3.05, 3.63) is 29.8 Å². The summed E-state index contributed by atoms with van der Waals surface area (Å²) >= 11 is 0. The molecule has 0 spiro atoms. The van der Waals surface area contributed by atoms with Crippen molar-refractivity contribution < 1.29 is 49.2 Å². The van der Waals surface area contributed by atoms with Gasteiger partial charge in [-0.15, -0.1) is 0 Å². The van der Waals surface area contributed by atoms with Crippen molar-refractivity contribution in [3.63, 3.8) is 0 Å². The monoisotopic (exact) mass is 582 g/mol. The van der Waals surface area contributed by atoms with Crippen molar-refractivity contribution in [1.82, 2.24) is 21.3 Å². The number of aliphatic hydroxyl groups excluding tert-OH is 1. The third-order valence-corrected chi connectivity index (χ3v) is 5.87. The molecule has 12 N–H and O–H groups in total. The van der Waals surface area contributed by atoms with Crippen LogP contribution in [0.3, 0.4) is 0 Å². The first-order valence-electron chi connectivity index (χ1n) is 12.8. The largest absolute Gasteiger partial charge is 0.508 e. The normalized spacial score (nSPS) is 14.4. The molecule has 16 nitrogen and oxygen atoms in total. The van der Waals surface area contributed by atoms with Crippen molar-refractivity contribution in [1.29, 1.82) is 0 Å². The van der Waals surface area contributed by atoms with Crippen LogP contribution in [0.25, 0.3) is 0 Å². The number of carboxylic acids is 2. The van der Waals surface area contributed by atoms with Gasteiger partial charge >= 0.3 is 11.9 Å². The van der Waals surface area contributed by atoms with E-state index in [1.807, 2.05) is 0 Å². The van der Waals surface area contributed by atoms with Crippen molar-refractivity contribution in [2.24, 2.45) is 11.5 Å². The minimum atomic E-state index is -1.72. The van der Waals surface area contributed by atoms with Gasteiger partial charge in [0.2, 0.25) is 23.6 Å². The summed E-state index contributed by atoms with van der Waals surface area (Å²) in [7, 11) is 0. The summed E-state index contributed by atoms with van der Waals surface area (Å²) in [5, 5.41) is 46.3. The maximum atomic E-state index is 12.7. The maximum Gasteiger partial charge on any atom is 0.326 e. The smallest absolute Gasteiger partial charge is 0.326 e. The zero-order chi connectivity index (χ0) is 31.1. The lowest BCUT2D eigenvalue weighted by molar-refractivity contribution is -0.144. The number of nitrogens with one attached hydrogen (secondary N) is 4. The number of aliphatic carboxylic acids is 2. The van der Waals surface area contributed by atoms with Gasteiger partial charge in [-0.25, -0.2) is 4.79 Å². The average Bonchev–Trinajstić information content (AvgIpc) is 2.91. The predicted octanol–water partition coefficient (Wildman–Crippen LogP) is -3.10. The van der Waals surface area contributed by atoms with Crippen LogP contribution in [-0.4, -0.2) is 99.4 Å². The Bertz CT molecular complexity index is 1070. The molecule has 5 unspecified atom stereocenters. The van der Waals surface area contributed by atoms with Crippen molar-refractivity contribution in [2.75, 3.05) is 13.2 Å². The number of phenolic OH excluding ortho intramolecular Hbond substituents is 1. The van der Waals surface area contributed by atoms with E-state index >= 15 is 0 Å². The minimum Gasteiger partial charge on any atom is -0.508 e. The number of hydrogen-bond donors (Lipinski definition) is 10. The van der Waals surface area contributed by atoms with Crippen LogP contribution in [0.15, 0.2) is 24.3 Å². The summed E-state index contributed by atoms with van der Waals surface area (Å²) in [4.78, 5) is 73.1. The summed E-state index contributed by atoms with van der Waals surface area (Å²) < 4.78 is 0. The van der Waals surface area contributed by atoms with Gasteiger partial charge < -0.3 is 53.2 Å². The van der Waals surface area contributed by atoms with Gasteiger partial charge in [-0.05, 0) is 56.8 Å². The summed E-state index contributed by atoms with van der Waals surface area (Å²) in [6.07, 6.45) is 0.0768. The fourth-order valence-corrected chi connectivity index (χ4v) is 3.53. The van der Waals surface area contributed by atoms with E-state index in [1.165, 1.54) is 19.1 Å². The molecule has 0 saturated carbocycles. The highest BCUT2D eigenvalue weighted by molar-refractivity contribution is 5.96. The minimum absolute atomic E-state index is 0.0174. The Balaban J connectivity index is 2.78. The van der Waals surface area contributed by atoms with Gasteiger partial charge in [0.05, 0.1) is 19.1 Å². The Morgan fingerprint density at radius 3 is 1.90 bits per heavy atom. The molecule has 0 bridgehead atoms. The molecule has 5 atom stereocenters. The number of rotatable bonds is 18. The summed E-state index contributed by atoms with van der Waals surface area (Å²) in [5.41, 5.74) is 11.9. The van der Waals surface area contributed by atoms with Gasteiger partial charge in [0.1, 0.15) is 29.9 Å². The van der Waals surface area contributed by atoms with E-state index in [-0.39, 0.29) is 18.6 Å². The molecule has 0 aliphatic rings. The molecule has 0 aromatic heterocycles. The molecule has 1 aromatic rings. The summed E-state index contributed by atoms with van der Waals surface area (Å²) in [6.45, 7) is 0.655. The molecule has 228 valence electrons. The third-order valence-electron chi connectivity index (χ3n) is 5.87. The fraction of sp³-hybridized carbons (Fsp3) is 0.520. The number of phenols is 1. The van der Waals surface area contributed by atoms with Gasteiger partial charge in [0.25, 0.3) is 0 Å². The Hall–Kier alpha value is -4.28. The molecule has 41 heavy (non-hydrogen) atoms. The van der Waals surface area contributed by atoms with Gasteiger partial charge in [-0.2, -0.15) is 0 Å². The molecular formula is C25H38N6O10. The van der Waals surface area contributed by atoms with Crippen LogP contribution >= 0.6 is 0 Å². The van der Waals surface area contributed by atoms with Crippen LogP contribution in [0.2, 0.25) is 0 Å². The number of hydrogen-bond acceptors (Lipinski definition) is 10. The second-order valence-corrected chi connectivity index (χ2v) is 9.29. The van der Waals surface area contributed by atoms with Crippen LogP contribution in [0.4, 0.5) is 0 Å². The number of carbonyl (C=O) groups is 6. The van der Waals surface area contributed by atoms with Crippen LogP contribution in [0.1, 0.15) is 38.2 Å². The predicted molar refractivity (Wildman–Crippen MR) is 143 cm³/mol. The number of amides is 4. The molecule has 0 fully saturated rings. The first-order valence-corrected chi connectivity index (χ1v) is 12.8. The van der Waals surface area contributed by atoms with Crippen molar-refractivity contribution in [3.8, 4) is 5.75 Å². The molecule has 0 saturated heterocycles. The van der Waals surface area contributed by atoms with Crippen molar-refractivity contribution >= 4 is 35.6 Å². The summed E-state index contributed by atoms with van der Waals surface area (Å²) in [6, 6.07) is -0.988. The lowest BCUT2D eigenvalue weighted by Crippen LogP contribution is -2.59. The van der Waals surface area contributed by atoms with E-state index in [0.29, 0.717) is 24.9 Å². The van der Waals surface area contributed by atoms with Crippen LogP contribution < -0.4 is 32.7 Å². The number of nitrogens with two attached hydrogens (primary N) is 2. The number of carbonyl (C=O) groups excluding carboxylic acids is 4. The first-order chi connectivity index (χ1) is 19.3. The Kier molecular flexibility index (Phi) is 14.8. The third kappa shape index (κ3) is 12.6. The molecule has 0 aliphatic heterocycles. The van der Waals surface area contributed by atoms with E-state index < -0.39 is 78.8 Å². The molecule has 0 heterocycles. The highest BCUT2D eigenvalue weighted by atomic mass is 16.4. The molecular weight excluding hydrogens is 544 g/mol. The number of unbranched alkanes of at least 4 members (excludes halogenated alkanes) is 1. The Morgan fingerprint density at radius 1 is 0.805 bits per heavy atom. The maximum absolute atomic E-state index is 12.7.